The minimum atomic E-state index is -0.909. The Labute approximate surface area is 224 Å². The second-order valence-electron chi connectivity index (χ2n) is 8.13. The summed E-state index contributed by atoms with van der Waals surface area (Å²) in [5.74, 6) is -1.14. The number of carbonyl (C=O) groups is 3. The van der Waals surface area contributed by atoms with Crippen molar-refractivity contribution in [2.45, 2.75) is 12.5 Å². The molecule has 0 saturated carbocycles. The summed E-state index contributed by atoms with van der Waals surface area (Å²) in [5, 5.41) is 16.1. The molecule has 37 heavy (non-hydrogen) atoms. The van der Waals surface area contributed by atoms with Gasteiger partial charge in [0.15, 0.2) is 0 Å². The molecule has 0 aliphatic rings. The van der Waals surface area contributed by atoms with Crippen LogP contribution in [0.5, 0.6) is 5.75 Å². The van der Waals surface area contributed by atoms with Crippen molar-refractivity contribution < 1.29 is 24.2 Å². The van der Waals surface area contributed by atoms with Gasteiger partial charge in [0.05, 0.1) is 0 Å². The van der Waals surface area contributed by atoms with Gasteiger partial charge in [-0.1, -0.05) is 0 Å². The average Bonchev–Trinajstić information content (AvgIpc) is 3.29. The number of amides is 2. The van der Waals surface area contributed by atoms with Crippen LogP contribution in [0, 0.1) is 0 Å². The molecule has 8 nitrogen and oxygen atoms in total. The van der Waals surface area contributed by atoms with Crippen LogP contribution >= 0.6 is 11.6 Å². The number of ether oxygens (including phenoxy) is 1. The molecule has 1 aromatic heterocycles. The summed E-state index contributed by atoms with van der Waals surface area (Å²) in [6.07, 6.45) is 2.06. The Balaban J connectivity index is 1.61. The topological polar surface area (TPSA) is 121 Å². The van der Waals surface area contributed by atoms with Crippen LogP contribution in [0.25, 0.3) is 10.9 Å². The van der Waals surface area contributed by atoms with Gasteiger partial charge in [-0.2, -0.15) is 0 Å². The molecule has 3 aromatic carbocycles. The van der Waals surface area contributed by atoms with Crippen LogP contribution in [-0.2, 0) is 16.0 Å². The number of hydrogen-bond donors (Lipinski definition) is 4. The molecule has 0 aliphatic carbocycles. The van der Waals surface area contributed by atoms with Gasteiger partial charge in [0, 0.05) is 0 Å². The van der Waals surface area contributed by atoms with Crippen LogP contribution < -0.4 is 19.6 Å². The molecule has 190 valence electrons. The number of phenols is 1. The van der Waals surface area contributed by atoms with E-state index >= 15 is 0 Å². The normalized spacial score (nSPS) is 11.6. The standard InChI is InChI=1S/C27H24ClN3O5Se/c1-29-25(33)18-12-19-21(13-20(18)28)30-14-24(19)37-23-6-4-3-5-17(23)26(34)31-22(27(35)36-2)11-15-7-9-16(32)10-8-15/h3-10,12-14,22,30,32H,11H2,1-2H3,(H,29,33)(H,31,34)/t22-/m0/s1. The predicted octanol–water partition coefficient (Wildman–Crippen LogP) is 2.06. The van der Waals surface area contributed by atoms with Crippen molar-refractivity contribution in [1.29, 1.82) is 0 Å². The molecule has 4 N–H and O–H groups in total. The summed E-state index contributed by atoms with van der Waals surface area (Å²) in [7, 11) is 2.81. The van der Waals surface area contributed by atoms with Crippen molar-refractivity contribution in [3.63, 3.8) is 0 Å². The molecule has 0 spiro atoms. The number of aromatic amines is 1. The van der Waals surface area contributed by atoms with E-state index in [1.54, 1.807) is 43.4 Å². The van der Waals surface area contributed by atoms with Crippen LogP contribution in [0.2, 0.25) is 5.02 Å². The Kier molecular flexibility index (Phi) is 8.18. The fraction of sp³-hybridized carbons (Fsp3) is 0.148. The zero-order valence-electron chi connectivity index (χ0n) is 20.0. The molecule has 0 saturated heterocycles. The summed E-state index contributed by atoms with van der Waals surface area (Å²) in [6.45, 7) is 0. The summed E-state index contributed by atoms with van der Waals surface area (Å²) >= 11 is 5.98. The zero-order valence-corrected chi connectivity index (χ0v) is 22.5. The van der Waals surface area contributed by atoms with E-state index in [9.17, 15) is 19.5 Å². The number of aromatic nitrogens is 1. The van der Waals surface area contributed by atoms with E-state index < -0.39 is 17.9 Å². The van der Waals surface area contributed by atoms with Crippen LogP contribution in [0.1, 0.15) is 26.3 Å². The first kappa shape index (κ1) is 26.3. The second kappa shape index (κ2) is 11.5. The van der Waals surface area contributed by atoms with Gasteiger partial charge in [-0.05, 0) is 0 Å². The van der Waals surface area contributed by atoms with Gasteiger partial charge in [-0.3, -0.25) is 0 Å². The van der Waals surface area contributed by atoms with Crippen molar-refractivity contribution >= 4 is 64.2 Å². The van der Waals surface area contributed by atoms with Crippen LogP contribution in [-0.4, -0.2) is 63.0 Å². The molecule has 0 unspecified atom stereocenters. The van der Waals surface area contributed by atoms with E-state index in [-0.39, 0.29) is 33.0 Å². The number of benzene rings is 3. The Morgan fingerprint density at radius 1 is 1.03 bits per heavy atom. The number of carbonyl (C=O) groups excluding carboxylic acids is 3. The monoisotopic (exact) mass is 585 g/mol. The number of methoxy groups -OCH3 is 1. The number of halogens is 1. The van der Waals surface area contributed by atoms with Crippen LogP contribution in [0.4, 0.5) is 0 Å². The Morgan fingerprint density at radius 2 is 1.76 bits per heavy atom. The Bertz CT molecular complexity index is 1470. The molecule has 2 amide bonds. The number of H-pyrrole nitrogens is 1. The first-order chi connectivity index (χ1) is 17.8. The Morgan fingerprint density at radius 3 is 2.46 bits per heavy atom. The van der Waals surface area contributed by atoms with Gasteiger partial charge in [-0.25, -0.2) is 0 Å². The SMILES string of the molecule is CNC(=O)c1cc2c([Se]c3ccccc3C(=O)N[C@@H](Cc3ccc(O)cc3)C(=O)OC)c[nH]c2cc1Cl. The molecule has 4 aromatic rings. The van der Waals surface area contributed by atoms with Gasteiger partial charge in [-0.15, -0.1) is 0 Å². The number of hydrogen-bond acceptors (Lipinski definition) is 5. The van der Waals surface area contributed by atoms with Crippen molar-refractivity contribution in [3.05, 3.63) is 88.6 Å². The van der Waals surface area contributed by atoms with E-state index in [1.807, 2.05) is 18.3 Å². The first-order valence-corrected chi connectivity index (χ1v) is 13.4. The molecule has 0 aliphatic heterocycles. The summed E-state index contributed by atoms with van der Waals surface area (Å²) in [6, 6.07) is 16.2. The van der Waals surface area contributed by atoms with Crippen molar-refractivity contribution in [3.8, 4) is 5.75 Å². The third-order valence-electron chi connectivity index (χ3n) is 5.72. The third-order valence-corrected chi connectivity index (χ3v) is 8.41. The quantitative estimate of drug-likeness (QED) is 0.187. The molecular weight excluding hydrogens is 561 g/mol. The maximum atomic E-state index is 13.3. The third kappa shape index (κ3) is 5.97. The van der Waals surface area contributed by atoms with Crippen LogP contribution in [0.15, 0.2) is 66.9 Å². The number of fused-ring (bicyclic) bond motifs is 1. The van der Waals surface area contributed by atoms with Crippen LogP contribution in [0.3, 0.4) is 0 Å². The number of rotatable bonds is 8. The van der Waals surface area contributed by atoms with E-state index in [0.29, 0.717) is 16.1 Å². The van der Waals surface area contributed by atoms with Crippen molar-refractivity contribution in [1.82, 2.24) is 15.6 Å². The Hall–Kier alpha value is -3.78. The van der Waals surface area contributed by atoms with E-state index in [1.165, 1.54) is 19.2 Å². The first-order valence-electron chi connectivity index (χ1n) is 11.3. The molecule has 0 radical (unpaired) electrons. The number of nitrogens with one attached hydrogen (secondary N) is 3. The van der Waals surface area contributed by atoms with Gasteiger partial charge < -0.3 is 0 Å². The molecule has 10 heteroatoms. The number of esters is 1. The average molecular weight is 585 g/mol. The van der Waals surface area contributed by atoms with E-state index in [4.69, 9.17) is 16.3 Å². The molecule has 1 atom stereocenters. The summed E-state index contributed by atoms with van der Waals surface area (Å²) in [5.41, 5.74) is 2.36. The fourth-order valence-electron chi connectivity index (χ4n) is 3.81. The number of phenolic OH excluding ortho intramolecular Hbond substituents is 1. The van der Waals surface area contributed by atoms with Gasteiger partial charge >= 0.3 is 225 Å². The van der Waals surface area contributed by atoms with E-state index in [2.05, 4.69) is 15.6 Å². The van der Waals surface area contributed by atoms with Gasteiger partial charge in [0.2, 0.25) is 0 Å². The molecular formula is C27H24ClN3O5Se. The van der Waals surface area contributed by atoms with Gasteiger partial charge in [0.25, 0.3) is 0 Å². The molecule has 1 heterocycles. The second-order valence-corrected chi connectivity index (χ2v) is 10.8. The summed E-state index contributed by atoms with van der Waals surface area (Å²) in [4.78, 5) is 41.2. The van der Waals surface area contributed by atoms with Crippen molar-refractivity contribution in [2.75, 3.05) is 14.2 Å². The number of aromatic hydroxyl groups is 1. The maximum absolute atomic E-state index is 13.3. The molecule has 0 fully saturated rings. The summed E-state index contributed by atoms with van der Waals surface area (Å²) < 4.78 is 6.66. The minimum absolute atomic E-state index is 0.112. The zero-order chi connectivity index (χ0) is 26.5. The van der Waals surface area contributed by atoms with Crippen molar-refractivity contribution in [2.24, 2.45) is 0 Å². The molecule has 4 rings (SSSR count). The van der Waals surface area contributed by atoms with E-state index in [0.717, 1.165) is 25.4 Å². The molecule has 0 bridgehead atoms. The van der Waals surface area contributed by atoms with Gasteiger partial charge in [0.1, 0.15) is 0 Å². The fourth-order valence-corrected chi connectivity index (χ4v) is 6.27. The predicted molar refractivity (Wildman–Crippen MR) is 143 cm³/mol.